The Morgan fingerprint density at radius 3 is 2.28 bits per heavy atom. The highest BCUT2D eigenvalue weighted by atomic mass is 16.6. The molecular weight excluding hydrogens is 232 g/mol. The molecule has 0 aromatic rings. The van der Waals surface area contributed by atoms with Crippen LogP contribution in [0.4, 0.5) is 4.79 Å². The van der Waals surface area contributed by atoms with Crippen molar-refractivity contribution >= 4 is 11.9 Å². The van der Waals surface area contributed by atoms with Gasteiger partial charge in [0.2, 0.25) is 0 Å². The molecule has 5 nitrogen and oxygen atoms in total. The quantitative estimate of drug-likeness (QED) is 0.762. The first-order valence-corrected chi connectivity index (χ1v) is 6.34. The Morgan fingerprint density at radius 1 is 1.28 bits per heavy atom. The summed E-state index contributed by atoms with van der Waals surface area (Å²) in [5, 5.41) is 0. The van der Waals surface area contributed by atoms with Crippen LogP contribution in [0.15, 0.2) is 0 Å². The lowest BCUT2D eigenvalue weighted by Gasteiger charge is -2.39. The van der Waals surface area contributed by atoms with E-state index in [-0.39, 0.29) is 17.8 Å². The molecule has 104 valence electrons. The van der Waals surface area contributed by atoms with E-state index < -0.39 is 5.60 Å². The number of Topliss-reactive ketones (excluding diaryl/α,β-unsaturated/α-hetero) is 1. The van der Waals surface area contributed by atoms with Crippen LogP contribution in [0.3, 0.4) is 0 Å². The average molecular weight is 256 g/mol. The molecule has 0 radical (unpaired) electrons. The highest BCUT2D eigenvalue weighted by Crippen LogP contribution is 2.21. The molecule has 0 atom stereocenters. The number of nitrogens with zero attached hydrogens (tertiary/aromatic N) is 2. The maximum Gasteiger partial charge on any atom is 0.410 e. The first kappa shape index (κ1) is 15.0. The van der Waals surface area contributed by atoms with Crippen molar-refractivity contribution in [2.45, 2.75) is 32.8 Å². The second-order valence-electron chi connectivity index (χ2n) is 6.10. The van der Waals surface area contributed by atoms with Gasteiger partial charge in [0.15, 0.2) is 0 Å². The van der Waals surface area contributed by atoms with E-state index in [1.165, 1.54) is 0 Å². The van der Waals surface area contributed by atoms with Gasteiger partial charge in [-0.2, -0.15) is 0 Å². The van der Waals surface area contributed by atoms with Gasteiger partial charge in [-0.05, 0) is 34.9 Å². The van der Waals surface area contributed by atoms with Crippen molar-refractivity contribution in [3.8, 4) is 0 Å². The third-order valence-electron chi connectivity index (χ3n) is 2.79. The molecule has 1 heterocycles. The number of rotatable bonds is 4. The molecule has 0 saturated carbocycles. The minimum atomic E-state index is -0.475. The van der Waals surface area contributed by atoms with Crippen LogP contribution in [0.1, 0.15) is 27.2 Å². The third-order valence-corrected chi connectivity index (χ3v) is 2.79. The van der Waals surface area contributed by atoms with E-state index in [1.807, 2.05) is 39.8 Å². The standard InChI is InChI=1S/C13H24N2O3/c1-13(2,3)18-12(17)15-8-10(9-15)11(16)6-7-14(4)5/h10H,6-9H2,1-5H3. The molecular formula is C13H24N2O3. The van der Waals surface area contributed by atoms with E-state index in [0.717, 1.165) is 6.54 Å². The first-order valence-electron chi connectivity index (χ1n) is 6.34. The molecule has 1 saturated heterocycles. The zero-order valence-electron chi connectivity index (χ0n) is 12.0. The number of carbonyl (C=O) groups is 2. The van der Waals surface area contributed by atoms with E-state index in [9.17, 15) is 9.59 Å². The van der Waals surface area contributed by atoms with Gasteiger partial charge in [-0.3, -0.25) is 4.79 Å². The van der Waals surface area contributed by atoms with Gasteiger partial charge in [0, 0.05) is 26.1 Å². The van der Waals surface area contributed by atoms with Crippen LogP contribution >= 0.6 is 0 Å². The summed E-state index contributed by atoms with van der Waals surface area (Å²) < 4.78 is 5.24. The predicted octanol–water partition coefficient (Wildman–Crippen LogP) is 1.37. The van der Waals surface area contributed by atoms with Crippen molar-refractivity contribution in [2.24, 2.45) is 5.92 Å². The van der Waals surface area contributed by atoms with Crippen LogP contribution < -0.4 is 0 Å². The first-order chi connectivity index (χ1) is 8.19. The van der Waals surface area contributed by atoms with Gasteiger partial charge in [0.1, 0.15) is 11.4 Å². The van der Waals surface area contributed by atoms with Crippen LogP contribution in [0.25, 0.3) is 0 Å². The molecule has 0 spiro atoms. The maximum absolute atomic E-state index is 11.8. The zero-order chi connectivity index (χ0) is 13.9. The average Bonchev–Trinajstić information content (AvgIpc) is 2.08. The molecule has 18 heavy (non-hydrogen) atoms. The van der Waals surface area contributed by atoms with Gasteiger partial charge in [-0.15, -0.1) is 0 Å². The third kappa shape index (κ3) is 4.64. The van der Waals surface area contributed by atoms with E-state index in [2.05, 4.69) is 0 Å². The summed E-state index contributed by atoms with van der Waals surface area (Å²) >= 11 is 0. The maximum atomic E-state index is 11.8. The zero-order valence-corrected chi connectivity index (χ0v) is 12.0. The highest BCUT2D eigenvalue weighted by molar-refractivity contribution is 5.84. The fraction of sp³-hybridized carbons (Fsp3) is 0.846. The number of ketones is 1. The highest BCUT2D eigenvalue weighted by Gasteiger charge is 2.37. The van der Waals surface area contributed by atoms with E-state index in [4.69, 9.17) is 4.74 Å². The van der Waals surface area contributed by atoms with E-state index in [1.54, 1.807) is 4.90 Å². The fourth-order valence-electron chi connectivity index (χ4n) is 1.70. The van der Waals surface area contributed by atoms with Crippen LogP contribution in [-0.2, 0) is 9.53 Å². The van der Waals surface area contributed by atoms with Crippen molar-refractivity contribution in [1.29, 1.82) is 0 Å². The SMILES string of the molecule is CN(C)CCC(=O)C1CN(C(=O)OC(C)(C)C)C1. The molecule has 0 aliphatic carbocycles. The Morgan fingerprint density at radius 2 is 1.83 bits per heavy atom. The Bertz CT molecular complexity index is 315. The van der Waals surface area contributed by atoms with Crippen LogP contribution in [0.5, 0.6) is 0 Å². The number of likely N-dealkylation sites (tertiary alicyclic amines) is 1. The summed E-state index contributed by atoms with van der Waals surface area (Å²) in [5.74, 6) is 0.237. The fourth-order valence-corrected chi connectivity index (χ4v) is 1.70. The molecule has 1 amide bonds. The van der Waals surface area contributed by atoms with Crippen LogP contribution in [0, 0.1) is 5.92 Å². The summed E-state index contributed by atoms with van der Waals surface area (Å²) in [7, 11) is 3.89. The Kier molecular flexibility index (Phi) is 4.73. The predicted molar refractivity (Wildman–Crippen MR) is 69.5 cm³/mol. The van der Waals surface area contributed by atoms with Gasteiger partial charge < -0.3 is 14.5 Å². The second-order valence-corrected chi connectivity index (χ2v) is 6.10. The molecule has 0 aromatic carbocycles. The van der Waals surface area contributed by atoms with E-state index >= 15 is 0 Å². The van der Waals surface area contributed by atoms with Crippen LogP contribution in [-0.4, -0.2) is 61.0 Å². The topological polar surface area (TPSA) is 49.9 Å². The Labute approximate surface area is 109 Å². The van der Waals surface area contributed by atoms with Crippen molar-refractivity contribution in [1.82, 2.24) is 9.80 Å². The summed E-state index contributed by atoms with van der Waals surface area (Å²) in [6.45, 7) is 7.28. The van der Waals surface area contributed by atoms with Gasteiger partial charge in [-0.25, -0.2) is 4.79 Å². The van der Waals surface area contributed by atoms with Gasteiger partial charge in [0.05, 0.1) is 5.92 Å². The number of ether oxygens (including phenoxy) is 1. The van der Waals surface area contributed by atoms with Crippen molar-refractivity contribution < 1.29 is 14.3 Å². The summed E-state index contributed by atoms with van der Waals surface area (Å²) in [4.78, 5) is 27.0. The van der Waals surface area contributed by atoms with Gasteiger partial charge in [0.25, 0.3) is 0 Å². The summed E-state index contributed by atoms with van der Waals surface area (Å²) in [5.41, 5.74) is -0.475. The molecule has 1 aliphatic rings. The summed E-state index contributed by atoms with van der Waals surface area (Å²) in [6, 6.07) is 0. The van der Waals surface area contributed by atoms with E-state index in [0.29, 0.717) is 19.5 Å². The number of hydrogen-bond acceptors (Lipinski definition) is 4. The number of amides is 1. The minimum absolute atomic E-state index is 0.00234. The lowest BCUT2D eigenvalue weighted by atomic mass is 9.93. The largest absolute Gasteiger partial charge is 0.444 e. The molecule has 1 fully saturated rings. The molecule has 1 rings (SSSR count). The molecule has 5 heteroatoms. The smallest absolute Gasteiger partial charge is 0.410 e. The van der Waals surface area contributed by atoms with Crippen LogP contribution in [0.2, 0.25) is 0 Å². The second kappa shape index (κ2) is 5.69. The van der Waals surface area contributed by atoms with Gasteiger partial charge in [-0.1, -0.05) is 0 Å². The monoisotopic (exact) mass is 256 g/mol. The molecule has 0 N–H and O–H groups in total. The molecule has 0 bridgehead atoms. The Hall–Kier alpha value is -1.10. The molecule has 0 aromatic heterocycles. The van der Waals surface area contributed by atoms with Crippen molar-refractivity contribution in [3.05, 3.63) is 0 Å². The molecule has 1 aliphatic heterocycles. The number of hydrogen-bond donors (Lipinski definition) is 0. The lowest BCUT2D eigenvalue weighted by molar-refractivity contribution is -0.127. The Balaban J connectivity index is 2.27. The number of carbonyl (C=O) groups excluding carboxylic acids is 2. The normalized spacial score (nSPS) is 16.7. The molecule has 0 unspecified atom stereocenters. The minimum Gasteiger partial charge on any atom is -0.444 e. The summed E-state index contributed by atoms with van der Waals surface area (Å²) in [6.07, 6.45) is 0.235. The lowest BCUT2D eigenvalue weighted by Crippen LogP contribution is -2.54. The van der Waals surface area contributed by atoms with Crippen molar-refractivity contribution in [3.63, 3.8) is 0 Å². The van der Waals surface area contributed by atoms with Gasteiger partial charge >= 0.3 is 6.09 Å². The van der Waals surface area contributed by atoms with Crippen molar-refractivity contribution in [2.75, 3.05) is 33.7 Å².